The van der Waals surface area contributed by atoms with Gasteiger partial charge < -0.3 is 10.1 Å². The first-order valence-electron chi connectivity index (χ1n) is 10.0. The molecule has 1 amide bonds. The number of nitrogens with one attached hydrogen (secondary N) is 1. The summed E-state index contributed by atoms with van der Waals surface area (Å²) in [5, 5.41) is 2.83. The fraction of sp³-hybridized carbons (Fsp3) is 0.250. The number of fused-ring (bicyclic) bond motifs is 2. The molecule has 2 fully saturated rings. The van der Waals surface area contributed by atoms with Crippen molar-refractivity contribution < 1.29 is 18.3 Å². The fourth-order valence-corrected chi connectivity index (χ4v) is 4.74. The maximum Gasteiger partial charge on any atom is 0.230 e. The van der Waals surface area contributed by atoms with Crippen molar-refractivity contribution in [3.8, 4) is 11.1 Å². The minimum atomic E-state index is -0.590. The number of amides is 1. The first-order chi connectivity index (χ1) is 14.6. The normalized spacial score (nSPS) is 24.7. The van der Waals surface area contributed by atoms with E-state index in [1.54, 1.807) is 30.6 Å². The van der Waals surface area contributed by atoms with Gasteiger partial charge in [0.1, 0.15) is 11.6 Å². The van der Waals surface area contributed by atoms with Crippen molar-refractivity contribution in [2.75, 3.05) is 5.32 Å². The first-order valence-corrected chi connectivity index (χ1v) is 10.0. The molecule has 0 saturated carbocycles. The van der Waals surface area contributed by atoms with E-state index in [2.05, 4.69) is 10.3 Å². The van der Waals surface area contributed by atoms with Crippen LogP contribution in [0.15, 0.2) is 67.0 Å². The third-order valence-electron chi connectivity index (χ3n) is 6.07. The Bertz CT molecular complexity index is 1090. The van der Waals surface area contributed by atoms with Crippen molar-refractivity contribution in [2.24, 2.45) is 5.92 Å². The van der Waals surface area contributed by atoms with Gasteiger partial charge in [0.25, 0.3) is 0 Å². The Kier molecular flexibility index (Phi) is 4.79. The average molecular weight is 406 g/mol. The van der Waals surface area contributed by atoms with Crippen LogP contribution in [0.25, 0.3) is 11.1 Å². The van der Waals surface area contributed by atoms with Crippen LogP contribution in [-0.2, 0) is 9.53 Å². The number of carbonyl (C=O) groups is 1. The van der Waals surface area contributed by atoms with Crippen LogP contribution in [0.3, 0.4) is 0 Å². The van der Waals surface area contributed by atoms with E-state index in [-0.39, 0.29) is 41.1 Å². The highest BCUT2D eigenvalue weighted by atomic mass is 19.1. The van der Waals surface area contributed by atoms with Gasteiger partial charge in [0, 0.05) is 35.1 Å². The molecular weight excluding hydrogens is 386 g/mol. The molecule has 3 heterocycles. The Hall–Kier alpha value is -3.12. The standard InChI is InChI=1S/C24H20F2N2O2/c25-18-4-2-1-3-16(18)17-6-5-15(13-19(17)26)28-24(29)23-21-8-7-20(30-21)22(23)14-9-11-27-12-10-14/h1-6,9-13,20-23H,7-8H2,(H,28,29). The maximum atomic E-state index is 14.7. The van der Waals surface area contributed by atoms with Gasteiger partial charge in [-0.2, -0.15) is 0 Å². The smallest absolute Gasteiger partial charge is 0.230 e. The molecule has 2 aliphatic heterocycles. The lowest BCUT2D eigenvalue weighted by molar-refractivity contribution is -0.121. The van der Waals surface area contributed by atoms with E-state index >= 15 is 0 Å². The molecule has 1 N–H and O–H groups in total. The molecule has 4 atom stereocenters. The van der Waals surface area contributed by atoms with Crippen LogP contribution in [0.1, 0.15) is 24.3 Å². The van der Waals surface area contributed by atoms with Gasteiger partial charge in [0.2, 0.25) is 5.91 Å². The van der Waals surface area contributed by atoms with Gasteiger partial charge in [0.15, 0.2) is 0 Å². The van der Waals surface area contributed by atoms with Crippen LogP contribution in [0, 0.1) is 17.6 Å². The number of hydrogen-bond acceptors (Lipinski definition) is 3. The molecule has 3 aromatic rings. The Morgan fingerprint density at radius 3 is 2.43 bits per heavy atom. The summed E-state index contributed by atoms with van der Waals surface area (Å²) in [6.45, 7) is 0. The predicted molar refractivity (Wildman–Crippen MR) is 109 cm³/mol. The van der Waals surface area contributed by atoms with E-state index in [4.69, 9.17) is 4.74 Å². The minimum Gasteiger partial charge on any atom is -0.373 e. The van der Waals surface area contributed by atoms with Crippen molar-refractivity contribution in [2.45, 2.75) is 31.0 Å². The molecule has 152 valence electrons. The molecule has 0 radical (unpaired) electrons. The van der Waals surface area contributed by atoms with E-state index < -0.39 is 11.6 Å². The highest BCUT2D eigenvalue weighted by molar-refractivity contribution is 5.94. The molecule has 5 rings (SSSR count). The molecule has 1 aromatic heterocycles. The number of ether oxygens (including phenoxy) is 1. The second kappa shape index (κ2) is 7.61. The molecule has 0 spiro atoms. The summed E-state index contributed by atoms with van der Waals surface area (Å²) >= 11 is 0. The van der Waals surface area contributed by atoms with Crippen LogP contribution in [0.4, 0.5) is 14.5 Å². The lowest BCUT2D eigenvalue weighted by Gasteiger charge is -2.27. The Labute approximate surface area is 172 Å². The molecule has 0 aliphatic carbocycles. The van der Waals surface area contributed by atoms with Crippen LogP contribution in [0.2, 0.25) is 0 Å². The van der Waals surface area contributed by atoms with Gasteiger partial charge >= 0.3 is 0 Å². The number of benzene rings is 2. The monoisotopic (exact) mass is 406 g/mol. The zero-order valence-electron chi connectivity index (χ0n) is 16.1. The molecule has 4 nitrogen and oxygen atoms in total. The molecule has 4 unspecified atom stereocenters. The van der Waals surface area contributed by atoms with Crippen molar-refractivity contribution in [1.29, 1.82) is 0 Å². The third kappa shape index (κ3) is 3.27. The average Bonchev–Trinajstić information content (AvgIpc) is 3.37. The number of aromatic nitrogens is 1. The zero-order chi connectivity index (χ0) is 20.7. The predicted octanol–water partition coefficient (Wildman–Crippen LogP) is 4.93. The third-order valence-corrected chi connectivity index (χ3v) is 6.07. The fourth-order valence-electron chi connectivity index (χ4n) is 4.74. The molecular formula is C24H20F2N2O2. The SMILES string of the molecule is O=C(Nc1ccc(-c2ccccc2F)c(F)c1)C1C2CCC(O2)C1c1ccncc1. The van der Waals surface area contributed by atoms with Crippen molar-refractivity contribution in [1.82, 2.24) is 4.98 Å². The summed E-state index contributed by atoms with van der Waals surface area (Å²) < 4.78 is 34.7. The minimum absolute atomic E-state index is 0.00770. The van der Waals surface area contributed by atoms with Crippen LogP contribution in [0.5, 0.6) is 0 Å². The molecule has 30 heavy (non-hydrogen) atoms. The summed E-state index contributed by atoms with van der Waals surface area (Å²) in [6, 6.07) is 14.2. The molecule has 2 saturated heterocycles. The number of nitrogens with zero attached hydrogens (tertiary/aromatic N) is 1. The number of carbonyl (C=O) groups excluding carboxylic acids is 1. The van der Waals surface area contributed by atoms with Crippen LogP contribution in [-0.4, -0.2) is 23.1 Å². The Morgan fingerprint density at radius 2 is 1.67 bits per heavy atom. The summed E-state index contributed by atoms with van der Waals surface area (Å²) in [4.78, 5) is 17.2. The van der Waals surface area contributed by atoms with Gasteiger partial charge in [-0.3, -0.25) is 9.78 Å². The Morgan fingerprint density at radius 1 is 0.933 bits per heavy atom. The van der Waals surface area contributed by atoms with E-state index in [1.165, 1.54) is 24.3 Å². The number of anilines is 1. The van der Waals surface area contributed by atoms with E-state index in [0.29, 0.717) is 5.69 Å². The highest BCUT2D eigenvalue weighted by Gasteiger charge is 2.52. The van der Waals surface area contributed by atoms with E-state index in [1.807, 2.05) is 12.1 Å². The second-order valence-corrected chi connectivity index (χ2v) is 7.79. The summed E-state index contributed by atoms with van der Waals surface area (Å²) in [6.07, 6.45) is 5.06. The first kappa shape index (κ1) is 18.9. The highest BCUT2D eigenvalue weighted by Crippen LogP contribution is 2.49. The number of rotatable bonds is 4. The topological polar surface area (TPSA) is 51.2 Å². The Balaban J connectivity index is 1.39. The van der Waals surface area contributed by atoms with Gasteiger partial charge in [0.05, 0.1) is 18.1 Å². The largest absolute Gasteiger partial charge is 0.373 e. The van der Waals surface area contributed by atoms with Crippen molar-refractivity contribution in [3.63, 3.8) is 0 Å². The van der Waals surface area contributed by atoms with E-state index in [9.17, 15) is 13.6 Å². The van der Waals surface area contributed by atoms with Gasteiger partial charge in [-0.1, -0.05) is 18.2 Å². The van der Waals surface area contributed by atoms with Crippen molar-refractivity contribution in [3.05, 3.63) is 84.2 Å². The lowest BCUT2D eigenvalue weighted by Crippen LogP contribution is -2.36. The summed E-state index contributed by atoms with van der Waals surface area (Å²) in [5.41, 5.74) is 1.71. The molecule has 2 aromatic carbocycles. The summed E-state index contributed by atoms with van der Waals surface area (Å²) in [7, 11) is 0. The number of pyridine rings is 1. The van der Waals surface area contributed by atoms with E-state index in [0.717, 1.165) is 18.4 Å². The molecule has 2 bridgehead atoms. The zero-order valence-corrected chi connectivity index (χ0v) is 16.1. The number of halogens is 2. The maximum absolute atomic E-state index is 14.7. The van der Waals surface area contributed by atoms with Gasteiger partial charge in [-0.15, -0.1) is 0 Å². The second-order valence-electron chi connectivity index (χ2n) is 7.79. The van der Waals surface area contributed by atoms with Gasteiger partial charge in [-0.25, -0.2) is 8.78 Å². The van der Waals surface area contributed by atoms with Crippen LogP contribution < -0.4 is 5.32 Å². The molecule has 6 heteroatoms. The lowest BCUT2D eigenvalue weighted by atomic mass is 9.75. The number of hydrogen-bond donors (Lipinski definition) is 1. The van der Waals surface area contributed by atoms with Crippen LogP contribution >= 0.6 is 0 Å². The van der Waals surface area contributed by atoms with Crippen molar-refractivity contribution >= 4 is 11.6 Å². The quantitative estimate of drug-likeness (QED) is 0.669. The van der Waals surface area contributed by atoms with Gasteiger partial charge in [-0.05, 0) is 54.8 Å². The molecule has 2 aliphatic rings. The summed E-state index contributed by atoms with van der Waals surface area (Å²) in [5.74, 6) is -1.67.